The van der Waals surface area contributed by atoms with E-state index >= 15 is 0 Å². The molecule has 0 N–H and O–H groups in total. The van der Waals surface area contributed by atoms with Crippen LogP contribution < -0.4 is 0 Å². The Bertz CT molecular complexity index is 484. The smallest absolute Gasteiger partial charge is 0.309 e. The third kappa shape index (κ3) is 4.42. The number of ketones is 1. The highest BCUT2D eigenvalue weighted by atomic mass is 16.5. The Morgan fingerprint density at radius 3 is 2.38 bits per heavy atom. The highest BCUT2D eigenvalue weighted by Gasteiger charge is 2.28. The van der Waals surface area contributed by atoms with Crippen molar-refractivity contribution in [2.45, 2.75) is 45.4 Å². The number of rotatable bonds is 6. The molecule has 1 aliphatic carbocycles. The summed E-state index contributed by atoms with van der Waals surface area (Å²) < 4.78 is 4.88. The molecule has 114 valence electrons. The van der Waals surface area contributed by atoms with Gasteiger partial charge in [0.15, 0.2) is 0 Å². The molecule has 1 atom stereocenters. The molecule has 1 saturated carbocycles. The summed E-state index contributed by atoms with van der Waals surface area (Å²) in [5.41, 5.74) is 2.27. The van der Waals surface area contributed by atoms with E-state index in [4.69, 9.17) is 4.74 Å². The molecule has 0 amide bonds. The SMILES string of the molecule is COC(=O)[C@@H](CC(=O)C1CCCC1)Cc1ccc(C)cc1. The number of aryl methyl sites for hydroxylation is 1. The maximum absolute atomic E-state index is 12.3. The molecular weight excluding hydrogens is 264 g/mol. The van der Waals surface area contributed by atoms with E-state index in [1.165, 1.54) is 12.7 Å². The lowest BCUT2D eigenvalue weighted by molar-refractivity contribution is -0.147. The number of Topliss-reactive ketones (excluding diaryl/α,β-unsaturated/α-hetero) is 1. The van der Waals surface area contributed by atoms with Gasteiger partial charge in [0.25, 0.3) is 0 Å². The molecule has 0 aromatic heterocycles. The lowest BCUT2D eigenvalue weighted by atomic mass is 9.89. The Labute approximate surface area is 126 Å². The number of carbonyl (C=O) groups excluding carboxylic acids is 2. The first-order valence-corrected chi connectivity index (χ1v) is 7.76. The van der Waals surface area contributed by atoms with Crippen LogP contribution in [-0.4, -0.2) is 18.9 Å². The Morgan fingerprint density at radius 1 is 1.19 bits per heavy atom. The number of methoxy groups -OCH3 is 1. The number of esters is 1. The zero-order valence-electron chi connectivity index (χ0n) is 12.9. The minimum Gasteiger partial charge on any atom is -0.469 e. The van der Waals surface area contributed by atoms with Crippen LogP contribution in [0.4, 0.5) is 0 Å². The third-order valence-corrected chi connectivity index (χ3v) is 4.40. The molecule has 21 heavy (non-hydrogen) atoms. The van der Waals surface area contributed by atoms with Gasteiger partial charge in [-0.3, -0.25) is 9.59 Å². The van der Waals surface area contributed by atoms with E-state index in [9.17, 15) is 9.59 Å². The molecule has 0 bridgehead atoms. The van der Waals surface area contributed by atoms with Gasteiger partial charge in [-0.2, -0.15) is 0 Å². The second kappa shape index (κ2) is 7.39. The number of hydrogen-bond acceptors (Lipinski definition) is 3. The molecule has 3 nitrogen and oxygen atoms in total. The largest absolute Gasteiger partial charge is 0.469 e. The van der Waals surface area contributed by atoms with Gasteiger partial charge in [0, 0.05) is 12.3 Å². The fourth-order valence-electron chi connectivity index (χ4n) is 3.07. The molecular formula is C18H24O3. The zero-order chi connectivity index (χ0) is 15.2. The summed E-state index contributed by atoms with van der Waals surface area (Å²) in [5, 5.41) is 0. The Morgan fingerprint density at radius 2 is 1.81 bits per heavy atom. The second-order valence-electron chi connectivity index (χ2n) is 6.06. The molecule has 0 aliphatic heterocycles. The van der Waals surface area contributed by atoms with Gasteiger partial charge < -0.3 is 4.74 Å². The van der Waals surface area contributed by atoms with Gasteiger partial charge in [0.05, 0.1) is 13.0 Å². The summed E-state index contributed by atoms with van der Waals surface area (Å²) >= 11 is 0. The number of hydrogen-bond donors (Lipinski definition) is 0. The Balaban J connectivity index is 2.01. The van der Waals surface area contributed by atoms with Crippen molar-refractivity contribution in [1.29, 1.82) is 0 Å². The van der Waals surface area contributed by atoms with Crippen molar-refractivity contribution in [2.75, 3.05) is 7.11 Å². The third-order valence-electron chi connectivity index (χ3n) is 4.40. The predicted octanol–water partition coefficient (Wildman–Crippen LogP) is 3.48. The summed E-state index contributed by atoms with van der Waals surface area (Å²) in [5.74, 6) is -0.238. The van der Waals surface area contributed by atoms with Crippen molar-refractivity contribution in [3.63, 3.8) is 0 Å². The first kappa shape index (κ1) is 15.7. The van der Waals surface area contributed by atoms with Crippen LogP contribution in [0.3, 0.4) is 0 Å². The molecule has 0 radical (unpaired) electrons. The molecule has 1 aromatic rings. The van der Waals surface area contributed by atoms with Crippen LogP contribution >= 0.6 is 0 Å². The number of benzene rings is 1. The van der Waals surface area contributed by atoms with Crippen molar-refractivity contribution >= 4 is 11.8 Å². The topological polar surface area (TPSA) is 43.4 Å². The minimum atomic E-state index is -0.356. The van der Waals surface area contributed by atoms with Gasteiger partial charge in [-0.1, -0.05) is 42.7 Å². The van der Waals surface area contributed by atoms with E-state index in [1.807, 2.05) is 31.2 Å². The van der Waals surface area contributed by atoms with Gasteiger partial charge in [-0.15, -0.1) is 0 Å². The van der Waals surface area contributed by atoms with Crippen LogP contribution in [0.25, 0.3) is 0 Å². The van der Waals surface area contributed by atoms with E-state index in [-0.39, 0.29) is 23.6 Å². The van der Waals surface area contributed by atoms with Crippen LogP contribution in [0, 0.1) is 18.8 Å². The second-order valence-corrected chi connectivity index (χ2v) is 6.06. The van der Waals surface area contributed by atoms with E-state index in [1.54, 1.807) is 0 Å². The summed E-state index contributed by atoms with van der Waals surface area (Å²) in [6.07, 6.45) is 5.12. The highest BCUT2D eigenvalue weighted by Crippen LogP contribution is 2.28. The van der Waals surface area contributed by atoms with Crippen LogP contribution in [0.1, 0.15) is 43.2 Å². The number of carbonyl (C=O) groups is 2. The highest BCUT2D eigenvalue weighted by molar-refractivity contribution is 5.86. The van der Waals surface area contributed by atoms with Crippen LogP contribution in [-0.2, 0) is 20.7 Å². The van der Waals surface area contributed by atoms with Gasteiger partial charge in [-0.25, -0.2) is 0 Å². The molecule has 0 heterocycles. The average molecular weight is 288 g/mol. The first-order valence-electron chi connectivity index (χ1n) is 7.76. The summed E-state index contributed by atoms with van der Waals surface area (Å²) in [6.45, 7) is 2.03. The van der Waals surface area contributed by atoms with Gasteiger partial charge in [0.1, 0.15) is 5.78 Å². The van der Waals surface area contributed by atoms with Crippen LogP contribution in [0.2, 0.25) is 0 Å². The molecule has 3 heteroatoms. The van der Waals surface area contributed by atoms with Crippen molar-refractivity contribution < 1.29 is 14.3 Å². The van der Waals surface area contributed by atoms with E-state index in [0.717, 1.165) is 31.2 Å². The van der Waals surface area contributed by atoms with Crippen LogP contribution in [0.15, 0.2) is 24.3 Å². The zero-order valence-corrected chi connectivity index (χ0v) is 12.9. The normalized spacial score (nSPS) is 16.7. The average Bonchev–Trinajstić information content (AvgIpc) is 3.02. The van der Waals surface area contributed by atoms with E-state index < -0.39 is 0 Å². The van der Waals surface area contributed by atoms with Gasteiger partial charge in [0.2, 0.25) is 0 Å². The van der Waals surface area contributed by atoms with E-state index in [2.05, 4.69) is 0 Å². The monoisotopic (exact) mass is 288 g/mol. The molecule has 0 spiro atoms. The molecule has 1 aliphatic rings. The maximum atomic E-state index is 12.3. The van der Waals surface area contributed by atoms with Crippen molar-refractivity contribution in [2.24, 2.45) is 11.8 Å². The quantitative estimate of drug-likeness (QED) is 0.753. The first-order chi connectivity index (χ1) is 10.1. The van der Waals surface area contributed by atoms with Crippen molar-refractivity contribution in [3.05, 3.63) is 35.4 Å². The van der Waals surface area contributed by atoms with Gasteiger partial charge in [-0.05, 0) is 31.7 Å². The van der Waals surface area contributed by atoms with Crippen LogP contribution in [0.5, 0.6) is 0 Å². The molecule has 1 fully saturated rings. The molecule has 1 aromatic carbocycles. The Hall–Kier alpha value is -1.64. The maximum Gasteiger partial charge on any atom is 0.309 e. The number of ether oxygens (including phenoxy) is 1. The summed E-state index contributed by atoms with van der Waals surface area (Å²) in [6, 6.07) is 8.10. The lowest BCUT2D eigenvalue weighted by Crippen LogP contribution is -2.24. The van der Waals surface area contributed by atoms with Crippen molar-refractivity contribution in [3.8, 4) is 0 Å². The standard InChI is InChI=1S/C18H24O3/c1-13-7-9-14(10-8-13)11-16(18(20)21-2)12-17(19)15-5-3-4-6-15/h7-10,15-16H,3-6,11-12H2,1-2H3/t16-/m1/s1. The fraction of sp³-hybridized carbons (Fsp3) is 0.556. The minimum absolute atomic E-state index is 0.162. The Kier molecular flexibility index (Phi) is 5.54. The van der Waals surface area contributed by atoms with Gasteiger partial charge >= 0.3 is 5.97 Å². The fourth-order valence-corrected chi connectivity index (χ4v) is 3.07. The predicted molar refractivity (Wildman–Crippen MR) is 82.0 cm³/mol. The van der Waals surface area contributed by atoms with Crippen molar-refractivity contribution in [1.82, 2.24) is 0 Å². The van der Waals surface area contributed by atoms with E-state index in [0.29, 0.717) is 12.8 Å². The molecule has 2 rings (SSSR count). The lowest BCUT2D eigenvalue weighted by Gasteiger charge is -2.16. The molecule has 0 saturated heterocycles. The molecule has 0 unspecified atom stereocenters. The summed E-state index contributed by atoms with van der Waals surface area (Å²) in [7, 11) is 1.39. The summed E-state index contributed by atoms with van der Waals surface area (Å²) in [4.78, 5) is 24.3.